The predicted octanol–water partition coefficient (Wildman–Crippen LogP) is 1.88. The first kappa shape index (κ1) is 14.2. The van der Waals surface area contributed by atoms with E-state index >= 15 is 0 Å². The van der Waals surface area contributed by atoms with Gasteiger partial charge in [0.1, 0.15) is 0 Å². The van der Waals surface area contributed by atoms with Crippen LogP contribution in [0.4, 0.5) is 5.69 Å². The van der Waals surface area contributed by atoms with Crippen LogP contribution in [0.15, 0.2) is 18.2 Å². The van der Waals surface area contributed by atoms with Crippen molar-refractivity contribution in [1.29, 1.82) is 0 Å². The van der Waals surface area contributed by atoms with Gasteiger partial charge in [0.2, 0.25) is 5.91 Å². The van der Waals surface area contributed by atoms with Gasteiger partial charge in [0, 0.05) is 19.5 Å². The summed E-state index contributed by atoms with van der Waals surface area (Å²) in [5.74, 6) is 0.326. The van der Waals surface area contributed by atoms with Crippen LogP contribution >= 0.6 is 11.6 Å². The Kier molecular flexibility index (Phi) is 4.66. The Morgan fingerprint density at radius 2 is 2.16 bits per heavy atom. The van der Waals surface area contributed by atoms with Crippen LogP contribution < -0.4 is 11.1 Å². The summed E-state index contributed by atoms with van der Waals surface area (Å²) in [7, 11) is 1.70. The second-order valence-electron chi connectivity index (χ2n) is 5.02. The third kappa shape index (κ3) is 3.61. The summed E-state index contributed by atoms with van der Waals surface area (Å²) in [6.45, 7) is 2.75. The minimum Gasteiger partial charge on any atom is -0.398 e. The lowest BCUT2D eigenvalue weighted by molar-refractivity contribution is -0.125. The smallest absolute Gasteiger partial charge is 0.222 e. The van der Waals surface area contributed by atoms with E-state index in [4.69, 9.17) is 17.3 Å². The van der Waals surface area contributed by atoms with E-state index in [0.29, 0.717) is 10.7 Å². The molecule has 0 saturated carbocycles. The number of hydrogen-bond acceptors (Lipinski definition) is 3. The van der Waals surface area contributed by atoms with Crippen molar-refractivity contribution in [3.05, 3.63) is 28.8 Å². The standard InChI is InChI=1S/C14H20ClN3O/c1-17-14(19)11-4-6-18(7-5-11)9-10-2-3-12(15)13(16)8-10/h2-3,8,11H,4-7,9,16H2,1H3,(H,17,19). The second-order valence-corrected chi connectivity index (χ2v) is 5.43. The summed E-state index contributed by atoms with van der Waals surface area (Å²) in [6, 6.07) is 5.76. The van der Waals surface area contributed by atoms with Gasteiger partial charge in [0.15, 0.2) is 0 Å². The van der Waals surface area contributed by atoms with Crippen LogP contribution in [0.2, 0.25) is 5.02 Å². The largest absolute Gasteiger partial charge is 0.398 e. The predicted molar refractivity (Wildman–Crippen MR) is 77.9 cm³/mol. The molecule has 1 heterocycles. The van der Waals surface area contributed by atoms with Crippen molar-refractivity contribution in [2.24, 2.45) is 5.92 Å². The number of piperidine rings is 1. The normalized spacial score (nSPS) is 17.4. The van der Waals surface area contributed by atoms with Gasteiger partial charge in [-0.1, -0.05) is 17.7 Å². The number of anilines is 1. The highest BCUT2D eigenvalue weighted by Gasteiger charge is 2.24. The maximum atomic E-state index is 11.6. The van der Waals surface area contributed by atoms with Crippen molar-refractivity contribution < 1.29 is 4.79 Å². The summed E-state index contributed by atoms with van der Waals surface area (Å²) < 4.78 is 0. The van der Waals surface area contributed by atoms with Gasteiger partial charge in [-0.3, -0.25) is 9.69 Å². The first-order valence-electron chi connectivity index (χ1n) is 6.58. The van der Waals surface area contributed by atoms with Gasteiger partial charge in [-0.05, 0) is 43.6 Å². The second kappa shape index (κ2) is 6.26. The summed E-state index contributed by atoms with van der Waals surface area (Å²) in [5.41, 5.74) is 7.59. The number of halogens is 1. The maximum Gasteiger partial charge on any atom is 0.222 e. The lowest BCUT2D eigenvalue weighted by atomic mass is 9.95. The van der Waals surface area contributed by atoms with Gasteiger partial charge in [-0.25, -0.2) is 0 Å². The molecule has 5 heteroatoms. The number of carbonyl (C=O) groups excluding carboxylic acids is 1. The molecule has 1 aromatic carbocycles. The van der Waals surface area contributed by atoms with Crippen LogP contribution in [0.25, 0.3) is 0 Å². The molecule has 2 rings (SSSR count). The van der Waals surface area contributed by atoms with Crippen molar-refractivity contribution in [3.8, 4) is 0 Å². The number of nitrogen functional groups attached to an aromatic ring is 1. The van der Waals surface area contributed by atoms with Crippen molar-refractivity contribution in [1.82, 2.24) is 10.2 Å². The molecule has 1 fully saturated rings. The average Bonchev–Trinajstić information content (AvgIpc) is 2.43. The highest BCUT2D eigenvalue weighted by atomic mass is 35.5. The van der Waals surface area contributed by atoms with Crippen molar-refractivity contribution in [3.63, 3.8) is 0 Å². The Hall–Kier alpha value is -1.26. The fourth-order valence-corrected chi connectivity index (χ4v) is 2.62. The Balaban J connectivity index is 1.88. The quantitative estimate of drug-likeness (QED) is 0.832. The molecule has 0 atom stereocenters. The zero-order valence-corrected chi connectivity index (χ0v) is 11.9. The Bertz CT molecular complexity index is 456. The summed E-state index contributed by atoms with van der Waals surface area (Å²) in [6.07, 6.45) is 1.84. The highest BCUT2D eigenvalue weighted by molar-refractivity contribution is 6.33. The molecule has 19 heavy (non-hydrogen) atoms. The molecule has 0 spiro atoms. The molecule has 0 bridgehead atoms. The summed E-state index contributed by atoms with van der Waals surface area (Å²) in [5, 5.41) is 3.32. The maximum absolute atomic E-state index is 11.6. The first-order chi connectivity index (χ1) is 9.10. The molecule has 104 valence electrons. The molecule has 1 saturated heterocycles. The summed E-state index contributed by atoms with van der Waals surface area (Å²) in [4.78, 5) is 13.9. The summed E-state index contributed by atoms with van der Waals surface area (Å²) >= 11 is 5.91. The SMILES string of the molecule is CNC(=O)C1CCN(Cc2ccc(Cl)c(N)c2)CC1. The van der Waals surface area contributed by atoms with E-state index in [9.17, 15) is 4.79 Å². The number of nitrogens with zero attached hydrogens (tertiary/aromatic N) is 1. The third-order valence-corrected chi connectivity index (χ3v) is 4.02. The molecular weight excluding hydrogens is 262 g/mol. The molecule has 0 unspecified atom stereocenters. The van der Waals surface area contributed by atoms with Crippen LogP contribution in [0.5, 0.6) is 0 Å². The van der Waals surface area contributed by atoms with Gasteiger partial charge >= 0.3 is 0 Å². The van der Waals surface area contributed by atoms with E-state index in [-0.39, 0.29) is 11.8 Å². The first-order valence-corrected chi connectivity index (χ1v) is 6.96. The number of nitrogens with two attached hydrogens (primary N) is 1. The molecule has 1 aromatic rings. The van der Waals surface area contributed by atoms with Crippen molar-refractivity contribution >= 4 is 23.2 Å². The molecule has 1 aliphatic rings. The number of carbonyl (C=O) groups is 1. The molecular formula is C14H20ClN3O. The van der Waals surface area contributed by atoms with Gasteiger partial charge < -0.3 is 11.1 Å². The number of likely N-dealkylation sites (tertiary alicyclic amines) is 1. The highest BCUT2D eigenvalue weighted by Crippen LogP contribution is 2.23. The van der Waals surface area contributed by atoms with Crippen LogP contribution in [0, 0.1) is 5.92 Å². The molecule has 0 radical (unpaired) electrons. The fraction of sp³-hybridized carbons (Fsp3) is 0.500. The number of nitrogens with one attached hydrogen (secondary N) is 1. The topological polar surface area (TPSA) is 58.4 Å². The lowest BCUT2D eigenvalue weighted by Gasteiger charge is -2.31. The van der Waals surface area contributed by atoms with Crippen molar-refractivity contribution in [2.75, 3.05) is 25.9 Å². The van der Waals surface area contributed by atoms with E-state index < -0.39 is 0 Å². The lowest BCUT2D eigenvalue weighted by Crippen LogP contribution is -2.39. The molecule has 0 aromatic heterocycles. The molecule has 0 aliphatic carbocycles. The molecule has 1 aliphatic heterocycles. The third-order valence-electron chi connectivity index (χ3n) is 3.67. The van der Waals surface area contributed by atoms with E-state index in [2.05, 4.69) is 10.2 Å². The Labute approximate surface area is 118 Å². The van der Waals surface area contributed by atoms with E-state index in [1.807, 2.05) is 18.2 Å². The van der Waals surface area contributed by atoms with Crippen LogP contribution in [-0.2, 0) is 11.3 Å². The van der Waals surface area contributed by atoms with Gasteiger partial charge in [0.25, 0.3) is 0 Å². The van der Waals surface area contributed by atoms with Crippen LogP contribution in [0.3, 0.4) is 0 Å². The van der Waals surface area contributed by atoms with E-state index in [1.165, 1.54) is 5.56 Å². The number of hydrogen-bond donors (Lipinski definition) is 2. The van der Waals surface area contributed by atoms with E-state index in [0.717, 1.165) is 32.5 Å². The Morgan fingerprint density at radius 3 is 2.74 bits per heavy atom. The van der Waals surface area contributed by atoms with Gasteiger partial charge in [-0.2, -0.15) is 0 Å². The van der Waals surface area contributed by atoms with Crippen molar-refractivity contribution in [2.45, 2.75) is 19.4 Å². The zero-order valence-electron chi connectivity index (χ0n) is 11.2. The minimum atomic E-state index is 0.162. The van der Waals surface area contributed by atoms with Gasteiger partial charge in [0.05, 0.1) is 10.7 Å². The van der Waals surface area contributed by atoms with E-state index in [1.54, 1.807) is 7.05 Å². The number of benzene rings is 1. The monoisotopic (exact) mass is 281 g/mol. The number of amides is 1. The van der Waals surface area contributed by atoms with Crippen LogP contribution in [-0.4, -0.2) is 30.9 Å². The van der Waals surface area contributed by atoms with Gasteiger partial charge in [-0.15, -0.1) is 0 Å². The molecule has 1 amide bonds. The van der Waals surface area contributed by atoms with Crippen LogP contribution in [0.1, 0.15) is 18.4 Å². The zero-order chi connectivity index (χ0) is 13.8. The Morgan fingerprint density at radius 1 is 1.47 bits per heavy atom. The average molecular weight is 282 g/mol. The molecule has 4 nitrogen and oxygen atoms in total. The number of rotatable bonds is 3. The fourth-order valence-electron chi connectivity index (χ4n) is 2.51. The molecule has 3 N–H and O–H groups in total. The minimum absolute atomic E-state index is 0.162.